The number of hydrogen-bond donors (Lipinski definition) is 2. The van der Waals surface area contributed by atoms with E-state index in [0.29, 0.717) is 0 Å². The number of hydrogen-bond acceptors (Lipinski definition) is 5. The topological polar surface area (TPSA) is 105 Å². The molecule has 0 bridgehead atoms. The molecule has 0 aromatic heterocycles. The van der Waals surface area contributed by atoms with Crippen LogP contribution in [-0.2, 0) is 19.1 Å². The molecule has 0 radical (unpaired) electrons. The molecule has 1 aliphatic rings. The first-order chi connectivity index (χ1) is 12.3. The molecule has 140 valence electrons. The second kappa shape index (κ2) is 8.46. The molecule has 0 atom stereocenters. The van der Waals surface area contributed by atoms with Gasteiger partial charge in [-0.3, -0.25) is 19.3 Å². The third kappa shape index (κ3) is 5.05. The maximum Gasteiger partial charge on any atom is 0.324 e. The number of anilines is 1. The average molecular weight is 361 g/mol. The Bertz CT molecular complexity index is 705. The van der Waals surface area contributed by atoms with Crippen molar-refractivity contribution in [3.63, 3.8) is 0 Å². The number of rotatable bonds is 7. The van der Waals surface area contributed by atoms with Crippen molar-refractivity contribution in [2.75, 3.05) is 25.0 Å². The standard InChI is InChI=1S/C18H23N3O5/c1-11-7-12(2)17(13(3)8-11)20-14(22)10-26-16(24)5-4-6-21-15(23)9-19-18(21)25/h7-8H,4-6,9-10H2,1-3H3,(H,19,25)(H,20,22). The smallest absolute Gasteiger partial charge is 0.324 e. The Labute approximate surface area is 151 Å². The van der Waals surface area contributed by atoms with Gasteiger partial charge in [-0.1, -0.05) is 17.7 Å². The largest absolute Gasteiger partial charge is 0.456 e. The molecule has 1 saturated heterocycles. The molecule has 1 aliphatic heterocycles. The SMILES string of the molecule is Cc1cc(C)c(NC(=O)COC(=O)CCCN2C(=O)CNC2=O)c(C)c1. The van der Waals surface area contributed by atoms with Crippen molar-refractivity contribution in [2.24, 2.45) is 0 Å². The lowest BCUT2D eigenvalue weighted by molar-refractivity contribution is -0.147. The van der Waals surface area contributed by atoms with Crippen molar-refractivity contribution >= 4 is 29.5 Å². The van der Waals surface area contributed by atoms with Crippen molar-refractivity contribution in [3.8, 4) is 0 Å². The molecule has 2 rings (SSSR count). The molecule has 1 fully saturated rings. The predicted octanol–water partition coefficient (Wildman–Crippen LogP) is 1.43. The van der Waals surface area contributed by atoms with Gasteiger partial charge in [0.2, 0.25) is 5.91 Å². The van der Waals surface area contributed by atoms with E-state index in [0.717, 1.165) is 27.3 Å². The number of imide groups is 1. The molecule has 4 amide bonds. The number of amides is 4. The number of urea groups is 1. The fourth-order valence-electron chi connectivity index (χ4n) is 2.83. The zero-order valence-electron chi connectivity index (χ0n) is 15.2. The summed E-state index contributed by atoms with van der Waals surface area (Å²) in [6.45, 7) is 5.53. The average Bonchev–Trinajstić information content (AvgIpc) is 2.88. The maximum atomic E-state index is 12.0. The van der Waals surface area contributed by atoms with Crippen LogP contribution in [0.25, 0.3) is 0 Å². The minimum Gasteiger partial charge on any atom is -0.456 e. The first kappa shape index (κ1) is 19.4. The predicted molar refractivity (Wildman–Crippen MR) is 94.6 cm³/mol. The van der Waals surface area contributed by atoms with Crippen molar-refractivity contribution in [3.05, 3.63) is 28.8 Å². The molecule has 0 unspecified atom stereocenters. The van der Waals surface area contributed by atoms with Crippen LogP contribution in [0.5, 0.6) is 0 Å². The number of benzene rings is 1. The summed E-state index contributed by atoms with van der Waals surface area (Å²) in [4.78, 5) is 47.5. The normalized spacial score (nSPS) is 13.6. The molecule has 0 saturated carbocycles. The van der Waals surface area contributed by atoms with E-state index in [1.54, 1.807) is 0 Å². The Balaban J connectivity index is 1.73. The van der Waals surface area contributed by atoms with Crippen LogP contribution in [0.1, 0.15) is 29.5 Å². The molecule has 26 heavy (non-hydrogen) atoms. The Kier molecular flexibility index (Phi) is 6.32. The summed E-state index contributed by atoms with van der Waals surface area (Å²) in [5, 5.41) is 5.15. The van der Waals surface area contributed by atoms with Gasteiger partial charge in [0, 0.05) is 18.7 Å². The fraction of sp³-hybridized carbons (Fsp3) is 0.444. The second-order valence-electron chi connectivity index (χ2n) is 6.29. The summed E-state index contributed by atoms with van der Waals surface area (Å²) < 4.78 is 4.94. The second-order valence-corrected chi connectivity index (χ2v) is 6.29. The van der Waals surface area contributed by atoms with Gasteiger partial charge >= 0.3 is 12.0 Å². The third-order valence-corrected chi connectivity index (χ3v) is 4.01. The lowest BCUT2D eigenvalue weighted by Crippen LogP contribution is -2.32. The number of ether oxygens (including phenoxy) is 1. The van der Waals surface area contributed by atoms with E-state index < -0.39 is 17.9 Å². The van der Waals surface area contributed by atoms with Crippen LogP contribution in [0.2, 0.25) is 0 Å². The van der Waals surface area contributed by atoms with Crippen LogP contribution < -0.4 is 10.6 Å². The highest BCUT2D eigenvalue weighted by molar-refractivity contribution is 6.01. The van der Waals surface area contributed by atoms with Gasteiger partial charge in [-0.15, -0.1) is 0 Å². The van der Waals surface area contributed by atoms with Crippen LogP contribution in [-0.4, -0.2) is 48.4 Å². The lowest BCUT2D eigenvalue weighted by Gasteiger charge is -2.13. The number of carbonyl (C=O) groups is 4. The molecule has 8 heteroatoms. The van der Waals surface area contributed by atoms with E-state index in [-0.39, 0.29) is 38.4 Å². The number of carbonyl (C=O) groups excluding carboxylic acids is 4. The minimum absolute atomic E-state index is 0.0126. The molecule has 1 heterocycles. The van der Waals surface area contributed by atoms with Gasteiger partial charge in [-0.25, -0.2) is 4.79 Å². The monoisotopic (exact) mass is 361 g/mol. The fourth-order valence-corrected chi connectivity index (χ4v) is 2.83. The number of nitrogens with one attached hydrogen (secondary N) is 2. The molecule has 8 nitrogen and oxygen atoms in total. The van der Waals surface area contributed by atoms with Crippen LogP contribution in [0.4, 0.5) is 10.5 Å². The Morgan fingerprint density at radius 3 is 2.42 bits per heavy atom. The van der Waals surface area contributed by atoms with Crippen LogP contribution in [0, 0.1) is 20.8 Å². The quantitative estimate of drug-likeness (QED) is 0.565. The van der Waals surface area contributed by atoms with Crippen LogP contribution >= 0.6 is 0 Å². The van der Waals surface area contributed by atoms with E-state index in [1.807, 2.05) is 32.9 Å². The summed E-state index contributed by atoms with van der Waals surface area (Å²) in [5.41, 5.74) is 3.70. The highest BCUT2D eigenvalue weighted by Gasteiger charge is 2.27. The van der Waals surface area contributed by atoms with E-state index >= 15 is 0 Å². The van der Waals surface area contributed by atoms with E-state index in [2.05, 4.69) is 10.6 Å². The Morgan fingerprint density at radius 1 is 1.19 bits per heavy atom. The van der Waals surface area contributed by atoms with Gasteiger partial charge in [-0.2, -0.15) is 0 Å². The molecule has 2 N–H and O–H groups in total. The zero-order chi connectivity index (χ0) is 19.3. The number of aryl methyl sites for hydroxylation is 3. The minimum atomic E-state index is -0.551. The first-order valence-corrected chi connectivity index (χ1v) is 8.39. The lowest BCUT2D eigenvalue weighted by atomic mass is 10.1. The number of esters is 1. The van der Waals surface area contributed by atoms with Crippen LogP contribution in [0.15, 0.2) is 12.1 Å². The Morgan fingerprint density at radius 2 is 1.85 bits per heavy atom. The van der Waals surface area contributed by atoms with Gasteiger partial charge < -0.3 is 15.4 Å². The molecular formula is C18H23N3O5. The van der Waals surface area contributed by atoms with Crippen LogP contribution in [0.3, 0.4) is 0 Å². The third-order valence-electron chi connectivity index (χ3n) is 4.01. The Hall–Kier alpha value is -2.90. The summed E-state index contributed by atoms with van der Waals surface area (Å²) in [5.74, 6) is -1.28. The summed E-state index contributed by atoms with van der Waals surface area (Å²) in [6, 6.07) is 3.47. The maximum absolute atomic E-state index is 12.0. The zero-order valence-corrected chi connectivity index (χ0v) is 15.2. The molecular weight excluding hydrogens is 338 g/mol. The van der Waals surface area contributed by atoms with Gasteiger partial charge in [-0.05, 0) is 38.3 Å². The van der Waals surface area contributed by atoms with Crippen molar-refractivity contribution in [2.45, 2.75) is 33.6 Å². The number of nitrogens with zero attached hydrogens (tertiary/aromatic N) is 1. The van der Waals surface area contributed by atoms with Gasteiger partial charge in [0.25, 0.3) is 5.91 Å². The van der Waals surface area contributed by atoms with E-state index in [4.69, 9.17) is 4.74 Å². The van der Waals surface area contributed by atoms with Gasteiger partial charge in [0.05, 0.1) is 6.54 Å². The molecule has 0 aliphatic carbocycles. The highest BCUT2D eigenvalue weighted by atomic mass is 16.5. The van der Waals surface area contributed by atoms with Crippen molar-refractivity contribution in [1.82, 2.24) is 10.2 Å². The first-order valence-electron chi connectivity index (χ1n) is 8.39. The van der Waals surface area contributed by atoms with Crippen molar-refractivity contribution < 1.29 is 23.9 Å². The molecule has 0 spiro atoms. The highest BCUT2D eigenvalue weighted by Crippen LogP contribution is 2.21. The summed E-state index contributed by atoms with van der Waals surface area (Å²) in [6.07, 6.45) is 0.308. The molecule has 1 aromatic rings. The van der Waals surface area contributed by atoms with E-state index in [9.17, 15) is 19.2 Å². The van der Waals surface area contributed by atoms with Crippen molar-refractivity contribution in [1.29, 1.82) is 0 Å². The van der Waals surface area contributed by atoms with Gasteiger partial charge in [0.1, 0.15) is 0 Å². The van der Waals surface area contributed by atoms with Gasteiger partial charge in [0.15, 0.2) is 6.61 Å². The molecule has 1 aromatic carbocycles. The summed E-state index contributed by atoms with van der Waals surface area (Å²) >= 11 is 0. The van der Waals surface area contributed by atoms with E-state index in [1.165, 1.54) is 0 Å². The summed E-state index contributed by atoms with van der Waals surface area (Å²) in [7, 11) is 0.